The minimum atomic E-state index is -5.10. The van der Waals surface area contributed by atoms with Crippen LogP contribution in [0.4, 0.5) is 0 Å². The summed E-state index contributed by atoms with van der Waals surface area (Å²) in [6, 6.07) is 1.88. The summed E-state index contributed by atoms with van der Waals surface area (Å²) in [4.78, 5) is 19.7. The van der Waals surface area contributed by atoms with Gasteiger partial charge in [-0.3, -0.25) is 0 Å². The molecule has 1 aromatic rings. The Hall–Kier alpha value is -0.138. The van der Waals surface area contributed by atoms with Crippen LogP contribution in [-0.4, -0.2) is 24.9 Å². The number of carbonyl (C=O) groups is 2. The van der Waals surface area contributed by atoms with E-state index in [1.165, 1.54) is 0 Å². The van der Waals surface area contributed by atoms with Crippen LogP contribution in [0.2, 0.25) is 0 Å². The predicted octanol–water partition coefficient (Wildman–Crippen LogP) is -11.7. The van der Waals surface area contributed by atoms with E-state index in [-0.39, 0.29) is 56.6 Å². The number of carbonyl (C=O) groups excluding carboxylic acids is 2. The summed E-state index contributed by atoms with van der Waals surface area (Å²) in [6.45, 7) is 0. The van der Waals surface area contributed by atoms with Crippen molar-refractivity contribution in [3.05, 3.63) is 29.3 Å². The van der Waals surface area contributed by atoms with Crippen LogP contribution in [0.5, 0.6) is 0 Å². The van der Waals surface area contributed by atoms with Gasteiger partial charge in [-0.05, 0) is 11.6 Å². The zero-order valence-corrected chi connectivity index (χ0v) is 11.3. The molecule has 0 N–H and O–H groups in total. The van der Waals surface area contributed by atoms with Gasteiger partial charge in [-0.15, -0.1) is 0 Å². The standard InChI is InChI=1S/C8H6O7S.3Li/c9-7(10)4-1-2-5(8(11)12)6(3-4)16(13,14)15;;;/h1-3H,(H,9,10)(H,11,12)(H,13,14,15);;;/q;3*+1/p-3. The summed E-state index contributed by atoms with van der Waals surface area (Å²) in [5.41, 5.74) is -1.50. The average Bonchev–Trinajstić information content (AvgIpc) is 2.15. The van der Waals surface area contributed by atoms with Crippen molar-refractivity contribution in [3.8, 4) is 0 Å². The normalized spacial score (nSPS) is 9.32. The van der Waals surface area contributed by atoms with Gasteiger partial charge in [0.25, 0.3) is 0 Å². The monoisotopic (exact) mass is 264 g/mol. The molecule has 0 saturated heterocycles. The molecule has 1 rings (SSSR count). The molecular weight excluding hydrogens is 261 g/mol. The van der Waals surface area contributed by atoms with Crippen molar-refractivity contribution in [2.45, 2.75) is 4.90 Å². The van der Waals surface area contributed by atoms with Crippen molar-refractivity contribution in [2.75, 3.05) is 0 Å². The van der Waals surface area contributed by atoms with Crippen molar-refractivity contribution < 1.29 is 89.4 Å². The second-order valence-corrected chi connectivity index (χ2v) is 4.09. The molecular formula is C8H3Li3O7S. The second-order valence-electron chi connectivity index (χ2n) is 2.74. The Kier molecular flexibility index (Phi) is 11.2. The first-order valence-electron chi connectivity index (χ1n) is 3.76. The van der Waals surface area contributed by atoms with E-state index < -0.39 is 38.1 Å². The summed E-state index contributed by atoms with van der Waals surface area (Å²) in [7, 11) is -5.10. The van der Waals surface area contributed by atoms with Gasteiger partial charge in [0.2, 0.25) is 0 Å². The van der Waals surface area contributed by atoms with E-state index in [0.29, 0.717) is 12.1 Å². The van der Waals surface area contributed by atoms with Gasteiger partial charge >= 0.3 is 56.6 Å². The largest absolute Gasteiger partial charge is 1.00 e. The number of aromatic carboxylic acids is 2. The topological polar surface area (TPSA) is 137 Å². The maximum atomic E-state index is 10.7. The third-order valence-electron chi connectivity index (χ3n) is 1.71. The summed E-state index contributed by atoms with van der Waals surface area (Å²) in [5.74, 6) is -3.62. The molecule has 0 unspecified atom stereocenters. The number of hydrogen-bond donors (Lipinski definition) is 0. The molecule has 0 atom stereocenters. The molecule has 11 heteroatoms. The van der Waals surface area contributed by atoms with Gasteiger partial charge in [-0.2, -0.15) is 0 Å². The molecule has 86 valence electrons. The Labute approximate surface area is 145 Å². The summed E-state index contributed by atoms with van der Waals surface area (Å²) >= 11 is 0. The summed E-state index contributed by atoms with van der Waals surface area (Å²) < 4.78 is 32.0. The Balaban J connectivity index is -0.000000853. The van der Waals surface area contributed by atoms with E-state index in [1.807, 2.05) is 0 Å². The van der Waals surface area contributed by atoms with Crippen LogP contribution < -0.4 is 66.8 Å². The number of rotatable bonds is 3. The Morgan fingerprint density at radius 3 is 1.74 bits per heavy atom. The van der Waals surface area contributed by atoms with Crippen LogP contribution in [-0.2, 0) is 10.1 Å². The van der Waals surface area contributed by atoms with Crippen LogP contribution in [0, 0.1) is 0 Å². The molecule has 0 fully saturated rings. The van der Waals surface area contributed by atoms with E-state index in [9.17, 15) is 32.8 Å². The fourth-order valence-electron chi connectivity index (χ4n) is 1.02. The zero-order chi connectivity index (χ0) is 12.5. The first-order chi connectivity index (χ1) is 7.23. The van der Waals surface area contributed by atoms with Gasteiger partial charge in [0.05, 0.1) is 16.8 Å². The van der Waals surface area contributed by atoms with Gasteiger partial charge in [-0.1, -0.05) is 12.1 Å². The van der Waals surface area contributed by atoms with E-state index in [1.54, 1.807) is 0 Å². The predicted molar refractivity (Wildman–Crippen MR) is 43.1 cm³/mol. The molecule has 0 saturated carbocycles. The van der Waals surface area contributed by atoms with E-state index in [4.69, 9.17) is 0 Å². The molecule has 0 heterocycles. The second kappa shape index (κ2) is 8.92. The molecule has 0 spiro atoms. The van der Waals surface area contributed by atoms with Crippen LogP contribution >= 0.6 is 0 Å². The Bertz CT molecular complexity index is 570. The van der Waals surface area contributed by atoms with Crippen LogP contribution in [0.3, 0.4) is 0 Å². The van der Waals surface area contributed by atoms with Gasteiger partial charge in [0.1, 0.15) is 10.1 Å². The van der Waals surface area contributed by atoms with Crippen LogP contribution in [0.15, 0.2) is 23.1 Å². The SMILES string of the molecule is O=C([O-])c1ccc(C(=O)[O-])c(S(=O)(=O)[O-])c1.[Li+].[Li+].[Li+]. The van der Waals surface area contributed by atoms with Crippen molar-refractivity contribution in [2.24, 2.45) is 0 Å². The van der Waals surface area contributed by atoms with E-state index >= 15 is 0 Å². The van der Waals surface area contributed by atoms with Crippen molar-refractivity contribution in [3.63, 3.8) is 0 Å². The maximum absolute atomic E-state index is 10.7. The number of carboxylic acids is 2. The minimum Gasteiger partial charge on any atom is -0.744 e. The van der Waals surface area contributed by atoms with Crippen LogP contribution in [0.25, 0.3) is 0 Å². The van der Waals surface area contributed by atoms with Gasteiger partial charge in [0, 0.05) is 5.56 Å². The first kappa shape index (κ1) is 23.9. The van der Waals surface area contributed by atoms with Gasteiger partial charge in [-0.25, -0.2) is 8.42 Å². The number of benzene rings is 1. The van der Waals surface area contributed by atoms with Gasteiger partial charge in [0.15, 0.2) is 0 Å². The van der Waals surface area contributed by atoms with Gasteiger partial charge < -0.3 is 24.4 Å². The number of hydrogen-bond acceptors (Lipinski definition) is 7. The van der Waals surface area contributed by atoms with Crippen molar-refractivity contribution in [1.29, 1.82) is 0 Å². The molecule has 0 bridgehead atoms. The van der Waals surface area contributed by atoms with E-state index in [0.717, 1.165) is 6.07 Å². The average molecular weight is 264 g/mol. The van der Waals surface area contributed by atoms with Crippen molar-refractivity contribution >= 4 is 22.1 Å². The summed E-state index contributed by atoms with van der Waals surface area (Å²) in [6.07, 6.45) is 0. The quantitative estimate of drug-likeness (QED) is 0.390. The molecule has 7 nitrogen and oxygen atoms in total. The smallest absolute Gasteiger partial charge is 0.744 e. The molecule has 0 aromatic heterocycles. The Morgan fingerprint density at radius 2 is 1.42 bits per heavy atom. The van der Waals surface area contributed by atoms with Crippen molar-refractivity contribution in [1.82, 2.24) is 0 Å². The molecule has 0 aliphatic carbocycles. The molecule has 19 heavy (non-hydrogen) atoms. The zero-order valence-electron chi connectivity index (χ0n) is 10.5. The fourth-order valence-corrected chi connectivity index (χ4v) is 1.72. The molecule has 0 amide bonds. The molecule has 0 aliphatic heterocycles. The summed E-state index contributed by atoms with van der Waals surface area (Å²) in [5, 5.41) is 20.9. The van der Waals surface area contributed by atoms with Crippen LogP contribution in [0.1, 0.15) is 20.7 Å². The third kappa shape index (κ3) is 6.23. The molecule has 0 radical (unpaired) electrons. The minimum absolute atomic E-state index is 0. The Morgan fingerprint density at radius 1 is 0.947 bits per heavy atom. The fraction of sp³-hybridized carbons (Fsp3) is 0. The number of carboxylic acid groups (broad SMARTS) is 2. The molecule has 0 aliphatic rings. The maximum Gasteiger partial charge on any atom is 1.00 e. The third-order valence-corrected chi connectivity index (χ3v) is 2.58. The first-order valence-corrected chi connectivity index (χ1v) is 5.17. The molecule has 1 aromatic carbocycles. The van der Waals surface area contributed by atoms with E-state index in [2.05, 4.69) is 0 Å².